The molecule has 3 rings (SSSR count). The van der Waals surface area contributed by atoms with E-state index in [1.165, 1.54) is 6.21 Å². The van der Waals surface area contributed by atoms with Crippen LogP contribution in [0.3, 0.4) is 0 Å². The van der Waals surface area contributed by atoms with Crippen molar-refractivity contribution in [1.29, 1.82) is 5.26 Å². The molecule has 6 nitrogen and oxygen atoms in total. The Morgan fingerprint density at radius 2 is 1.89 bits per heavy atom. The van der Waals surface area contributed by atoms with Crippen LogP contribution >= 0.6 is 11.6 Å². The average molecular weight is 380 g/mol. The molecule has 0 radical (unpaired) electrons. The van der Waals surface area contributed by atoms with Gasteiger partial charge in [0.25, 0.3) is 5.91 Å². The molecule has 134 valence electrons. The first-order valence-electron chi connectivity index (χ1n) is 7.95. The molecule has 1 amide bonds. The summed E-state index contributed by atoms with van der Waals surface area (Å²) < 4.78 is 11.0. The monoisotopic (exact) mass is 379 g/mol. The number of halogens is 1. The van der Waals surface area contributed by atoms with Crippen molar-refractivity contribution in [3.05, 3.63) is 77.0 Å². The van der Waals surface area contributed by atoms with Crippen LogP contribution in [-0.2, 0) is 4.79 Å². The molecule has 27 heavy (non-hydrogen) atoms. The molecule has 0 aliphatic rings. The highest BCUT2D eigenvalue weighted by atomic mass is 35.5. The molecule has 0 aliphatic heterocycles. The van der Waals surface area contributed by atoms with Crippen molar-refractivity contribution in [3.8, 4) is 23.1 Å². The Labute approximate surface area is 160 Å². The summed E-state index contributed by atoms with van der Waals surface area (Å²) in [5.74, 6) is 1.25. The van der Waals surface area contributed by atoms with E-state index < -0.39 is 5.91 Å². The highest BCUT2D eigenvalue weighted by Gasteiger charge is 2.05. The number of hydrogen-bond donors (Lipinski definition) is 1. The molecular weight excluding hydrogens is 366 g/mol. The Morgan fingerprint density at radius 3 is 2.59 bits per heavy atom. The Bertz CT molecular complexity index is 987. The minimum absolute atomic E-state index is 0.173. The maximum Gasteiger partial charge on any atom is 0.277 e. The predicted molar refractivity (Wildman–Crippen MR) is 102 cm³/mol. The number of benzene rings is 2. The third-order valence-electron chi connectivity index (χ3n) is 3.49. The maximum atomic E-state index is 11.7. The van der Waals surface area contributed by atoms with Gasteiger partial charge >= 0.3 is 0 Å². The molecule has 0 spiro atoms. The van der Waals surface area contributed by atoms with Crippen LogP contribution in [0.1, 0.15) is 11.3 Å². The van der Waals surface area contributed by atoms with Gasteiger partial charge in [-0.1, -0.05) is 11.6 Å². The van der Waals surface area contributed by atoms with Gasteiger partial charge in [-0.05, 0) is 60.7 Å². The quantitative estimate of drug-likeness (QED) is 0.518. The molecule has 0 saturated heterocycles. The van der Waals surface area contributed by atoms with Crippen molar-refractivity contribution in [2.75, 3.05) is 6.61 Å². The van der Waals surface area contributed by atoms with Crippen LogP contribution < -0.4 is 10.2 Å². The van der Waals surface area contributed by atoms with Gasteiger partial charge in [-0.25, -0.2) is 5.43 Å². The highest BCUT2D eigenvalue weighted by molar-refractivity contribution is 6.30. The Hall–Kier alpha value is -3.56. The van der Waals surface area contributed by atoms with Gasteiger partial charge < -0.3 is 9.15 Å². The van der Waals surface area contributed by atoms with Crippen LogP contribution in [0.4, 0.5) is 0 Å². The molecule has 0 atom stereocenters. The van der Waals surface area contributed by atoms with Crippen molar-refractivity contribution >= 4 is 23.7 Å². The summed E-state index contributed by atoms with van der Waals surface area (Å²) in [5.41, 5.74) is 3.78. The molecule has 0 saturated carbocycles. The van der Waals surface area contributed by atoms with Crippen molar-refractivity contribution < 1.29 is 13.9 Å². The number of carbonyl (C=O) groups excluding carboxylic acids is 1. The van der Waals surface area contributed by atoms with E-state index in [0.29, 0.717) is 27.9 Å². The van der Waals surface area contributed by atoms with Crippen LogP contribution in [0.2, 0.25) is 5.02 Å². The summed E-state index contributed by atoms with van der Waals surface area (Å²) in [4.78, 5) is 11.7. The first kappa shape index (κ1) is 18.2. The highest BCUT2D eigenvalue weighted by Crippen LogP contribution is 2.21. The Balaban J connectivity index is 1.50. The van der Waals surface area contributed by atoms with Gasteiger partial charge in [0.05, 0.1) is 17.8 Å². The van der Waals surface area contributed by atoms with Crippen LogP contribution in [0.15, 0.2) is 70.2 Å². The minimum Gasteiger partial charge on any atom is -0.484 e. The van der Waals surface area contributed by atoms with Gasteiger partial charge in [0.15, 0.2) is 6.61 Å². The van der Waals surface area contributed by atoms with Crippen LogP contribution in [0, 0.1) is 11.3 Å². The lowest BCUT2D eigenvalue weighted by molar-refractivity contribution is -0.123. The molecule has 2 aromatic carbocycles. The number of hydrogen-bond acceptors (Lipinski definition) is 5. The normalized spacial score (nSPS) is 10.5. The van der Waals surface area contributed by atoms with Gasteiger partial charge in [-0.15, -0.1) is 0 Å². The number of carbonyl (C=O) groups is 1. The second kappa shape index (κ2) is 8.70. The molecule has 0 bridgehead atoms. The second-order valence-electron chi connectivity index (χ2n) is 5.43. The Kier molecular flexibility index (Phi) is 5.87. The minimum atomic E-state index is -0.403. The summed E-state index contributed by atoms with van der Waals surface area (Å²) in [5, 5.41) is 13.3. The number of nitrogens with zero attached hydrogens (tertiary/aromatic N) is 2. The average Bonchev–Trinajstić information content (AvgIpc) is 3.16. The van der Waals surface area contributed by atoms with E-state index in [-0.39, 0.29) is 6.61 Å². The Morgan fingerprint density at radius 1 is 1.15 bits per heavy atom. The zero-order valence-electron chi connectivity index (χ0n) is 14.1. The largest absolute Gasteiger partial charge is 0.484 e. The molecule has 0 unspecified atom stereocenters. The van der Waals surface area contributed by atoms with Gasteiger partial charge in [-0.3, -0.25) is 4.79 Å². The lowest BCUT2D eigenvalue weighted by Crippen LogP contribution is -2.24. The second-order valence-corrected chi connectivity index (χ2v) is 5.86. The standard InChI is InChI=1S/C20H14ClN3O3/c21-16-5-7-17(8-6-16)26-13-20(25)24-23-12-18-9-10-19(27-18)15-3-1-14(11-22)2-4-15/h1-10,12H,13H2,(H,24,25)/b23-12-. The lowest BCUT2D eigenvalue weighted by Gasteiger charge is -2.04. The zero-order valence-corrected chi connectivity index (χ0v) is 14.8. The number of nitrogens with one attached hydrogen (secondary N) is 1. The molecule has 1 aromatic heterocycles. The van der Waals surface area contributed by atoms with Crippen molar-refractivity contribution in [2.24, 2.45) is 5.10 Å². The predicted octanol–water partition coefficient (Wildman–Crippen LogP) is 4.00. The van der Waals surface area contributed by atoms with Crippen molar-refractivity contribution in [3.63, 3.8) is 0 Å². The van der Waals surface area contributed by atoms with E-state index in [1.54, 1.807) is 60.7 Å². The van der Waals surface area contributed by atoms with Gasteiger partial charge in [0, 0.05) is 10.6 Å². The summed E-state index contributed by atoms with van der Waals surface area (Å²) in [6.45, 7) is -0.173. The zero-order chi connectivity index (χ0) is 19.1. The van der Waals surface area contributed by atoms with E-state index in [0.717, 1.165) is 5.56 Å². The SMILES string of the molecule is N#Cc1ccc(-c2ccc(/C=N\NC(=O)COc3ccc(Cl)cc3)o2)cc1. The summed E-state index contributed by atoms with van der Waals surface area (Å²) in [6.07, 6.45) is 1.40. The number of amides is 1. The van der Waals surface area contributed by atoms with E-state index in [1.807, 2.05) is 0 Å². The van der Waals surface area contributed by atoms with Crippen LogP contribution in [-0.4, -0.2) is 18.7 Å². The van der Waals surface area contributed by atoms with E-state index >= 15 is 0 Å². The summed E-state index contributed by atoms with van der Waals surface area (Å²) >= 11 is 5.78. The number of hydrazone groups is 1. The molecule has 0 aliphatic carbocycles. The third kappa shape index (κ3) is 5.21. The van der Waals surface area contributed by atoms with Gasteiger partial charge in [0.2, 0.25) is 0 Å². The topological polar surface area (TPSA) is 87.6 Å². The number of ether oxygens (including phenoxy) is 1. The lowest BCUT2D eigenvalue weighted by atomic mass is 10.1. The fourth-order valence-corrected chi connectivity index (χ4v) is 2.29. The summed E-state index contributed by atoms with van der Waals surface area (Å²) in [7, 11) is 0. The van der Waals surface area contributed by atoms with Crippen LogP contribution in [0.25, 0.3) is 11.3 Å². The van der Waals surface area contributed by atoms with E-state index in [4.69, 9.17) is 26.0 Å². The van der Waals surface area contributed by atoms with Crippen molar-refractivity contribution in [1.82, 2.24) is 5.43 Å². The molecule has 1 heterocycles. The molecule has 7 heteroatoms. The van der Waals surface area contributed by atoms with Crippen molar-refractivity contribution in [2.45, 2.75) is 0 Å². The van der Waals surface area contributed by atoms with E-state index in [9.17, 15) is 4.79 Å². The fourth-order valence-electron chi connectivity index (χ4n) is 2.17. The first-order chi connectivity index (χ1) is 13.1. The number of nitriles is 1. The van der Waals surface area contributed by atoms with Gasteiger partial charge in [0.1, 0.15) is 17.3 Å². The molecule has 0 fully saturated rings. The summed E-state index contributed by atoms with van der Waals surface area (Å²) in [6, 6.07) is 19.3. The fraction of sp³-hybridized carbons (Fsp3) is 0.0500. The first-order valence-corrected chi connectivity index (χ1v) is 8.32. The number of furan rings is 1. The number of rotatable bonds is 6. The van der Waals surface area contributed by atoms with Crippen LogP contribution in [0.5, 0.6) is 5.75 Å². The smallest absolute Gasteiger partial charge is 0.277 e. The molecular formula is C20H14ClN3O3. The van der Waals surface area contributed by atoms with Gasteiger partial charge in [-0.2, -0.15) is 10.4 Å². The third-order valence-corrected chi connectivity index (χ3v) is 3.74. The molecule has 3 aromatic rings. The maximum absolute atomic E-state index is 11.7. The van der Waals surface area contributed by atoms with E-state index in [2.05, 4.69) is 16.6 Å². The molecule has 1 N–H and O–H groups in total.